The van der Waals surface area contributed by atoms with Crippen LogP contribution in [0, 0.1) is 10.8 Å². The molecule has 0 bridgehead atoms. The molecule has 8 rings (SSSR count). The number of nitrogens with one attached hydrogen (secondary N) is 7. The topological polar surface area (TPSA) is 219 Å². The van der Waals surface area contributed by atoms with Gasteiger partial charge < -0.3 is 51.8 Å². The molecule has 4 aromatic rings. The van der Waals surface area contributed by atoms with Gasteiger partial charge in [-0.05, 0) is 147 Å². The Hall–Kier alpha value is -7.11. The standard InChI is InChI=1S/C63H83N9O8/c1-37(64-9)55(73)69-53(62(3,4)5)60(78)71-34-44-31-46(30-29-43(44)32-51(71)58(76)67-49-23-15-19-40-17-11-13-21-47(40)49)80-36-39-25-27-42(28-26-39)57(75)66-45-33-52(59(77)68-50-24-16-20-41-18-12-14-22-48(41)50)72(35-45)61(79)54(63(6,7)8)70-56(74)38(2)65-10/h11-14,17-18,21-22,25-31,37-38,45,49-54,64-65H,15-16,19-20,23-24,32-36H2,1-10H3,(H,66,75)(H,67,76)(H,68,77)(H,69,73)(H,70,74)/t37-,38-,45-,49+,50+,51-,52?,53+,54+/m0/s1. The molecule has 9 atom stereocenters. The van der Waals surface area contributed by atoms with Crippen molar-refractivity contribution in [2.75, 3.05) is 20.6 Å². The molecule has 2 heterocycles. The van der Waals surface area contributed by atoms with Crippen LogP contribution in [0.3, 0.4) is 0 Å². The molecular formula is C63H83N9O8. The second-order valence-electron chi connectivity index (χ2n) is 24.5. The van der Waals surface area contributed by atoms with Gasteiger partial charge in [0.1, 0.15) is 36.5 Å². The number of nitrogens with zero attached hydrogens (tertiary/aromatic N) is 2. The lowest BCUT2D eigenvalue weighted by molar-refractivity contribution is -0.147. The number of hydrogen-bond acceptors (Lipinski definition) is 10. The van der Waals surface area contributed by atoms with E-state index in [0.717, 1.165) is 66.3 Å². The quantitative estimate of drug-likeness (QED) is 0.0666. The Morgan fingerprint density at radius 1 is 0.600 bits per heavy atom. The summed E-state index contributed by atoms with van der Waals surface area (Å²) in [6.45, 7) is 15.1. The third-order valence-corrected chi connectivity index (χ3v) is 16.6. The van der Waals surface area contributed by atoms with Crippen LogP contribution in [0.25, 0.3) is 0 Å². The van der Waals surface area contributed by atoms with Gasteiger partial charge >= 0.3 is 0 Å². The van der Waals surface area contributed by atoms with Gasteiger partial charge in [-0.2, -0.15) is 0 Å². The molecule has 0 aromatic heterocycles. The van der Waals surface area contributed by atoms with E-state index in [1.807, 2.05) is 102 Å². The summed E-state index contributed by atoms with van der Waals surface area (Å²) < 4.78 is 6.34. The Morgan fingerprint density at radius 3 is 1.64 bits per heavy atom. The van der Waals surface area contributed by atoms with Crippen molar-refractivity contribution in [2.24, 2.45) is 10.8 Å². The van der Waals surface area contributed by atoms with Gasteiger partial charge in [0, 0.05) is 31.1 Å². The predicted octanol–water partition coefficient (Wildman–Crippen LogP) is 5.88. The van der Waals surface area contributed by atoms with E-state index in [1.54, 1.807) is 45.0 Å². The molecule has 2 aliphatic carbocycles. The first kappa shape index (κ1) is 59.0. The Labute approximate surface area is 471 Å². The van der Waals surface area contributed by atoms with E-state index in [4.69, 9.17) is 4.74 Å². The van der Waals surface area contributed by atoms with E-state index in [9.17, 15) is 33.6 Å². The monoisotopic (exact) mass is 1090 g/mol. The fourth-order valence-corrected chi connectivity index (χ4v) is 11.5. The van der Waals surface area contributed by atoms with Gasteiger partial charge in [0.05, 0.1) is 24.2 Å². The average molecular weight is 1090 g/mol. The maximum atomic E-state index is 14.9. The second kappa shape index (κ2) is 25.1. The van der Waals surface area contributed by atoms with Gasteiger partial charge in [0.25, 0.3) is 5.91 Å². The molecular weight excluding hydrogens is 1010 g/mol. The van der Waals surface area contributed by atoms with Crippen LogP contribution < -0.4 is 42.0 Å². The molecule has 80 heavy (non-hydrogen) atoms. The molecule has 17 nitrogen and oxygen atoms in total. The fraction of sp³-hybridized carbons (Fsp3) is 0.508. The molecule has 0 radical (unpaired) electrons. The van der Waals surface area contributed by atoms with Crippen LogP contribution in [-0.2, 0) is 61.2 Å². The zero-order valence-corrected chi connectivity index (χ0v) is 48.3. The molecule has 0 saturated carbocycles. The zero-order chi connectivity index (χ0) is 57.6. The average Bonchev–Trinajstić information content (AvgIpc) is 3.98. The minimum absolute atomic E-state index is 0.0690. The molecule has 4 aromatic carbocycles. The SMILES string of the molecule is CN[C@@H](C)C(=O)N[C@H](C(=O)N1C[C@@H](NC(=O)c2ccc(COc3ccc4c(c3)CN(C(=O)[C@@H](NC(=O)[C@H](C)NC)C(C)(C)C)[C@H](C(=O)N[C@@H]3CCCc5ccccc53)C4)cc2)CC1C(=O)N[C@@H]1CCCc2ccccc21)C(C)(C)C. The van der Waals surface area contributed by atoms with Crippen LogP contribution >= 0.6 is 0 Å². The summed E-state index contributed by atoms with van der Waals surface area (Å²) in [7, 11) is 3.36. The molecule has 4 aliphatic rings. The number of hydrogen-bond donors (Lipinski definition) is 7. The lowest BCUT2D eigenvalue weighted by Crippen LogP contribution is -2.62. The number of rotatable bonds is 17. The van der Waals surface area contributed by atoms with Crippen LogP contribution in [0.1, 0.15) is 149 Å². The minimum atomic E-state index is -0.948. The highest BCUT2D eigenvalue weighted by atomic mass is 16.5. The fourth-order valence-electron chi connectivity index (χ4n) is 11.5. The Balaban J connectivity index is 0.955. The van der Waals surface area contributed by atoms with Crippen LogP contribution in [-0.4, -0.2) is 114 Å². The van der Waals surface area contributed by atoms with E-state index >= 15 is 0 Å². The van der Waals surface area contributed by atoms with Crippen molar-refractivity contribution in [1.82, 2.24) is 47.0 Å². The summed E-state index contributed by atoms with van der Waals surface area (Å²) in [6, 6.07) is 23.3. The molecule has 1 fully saturated rings. The van der Waals surface area contributed by atoms with Gasteiger partial charge in [-0.1, -0.05) is 108 Å². The summed E-state index contributed by atoms with van der Waals surface area (Å²) in [4.78, 5) is 102. The molecule has 7 amide bonds. The Bertz CT molecular complexity index is 2930. The van der Waals surface area contributed by atoms with Crippen molar-refractivity contribution in [1.29, 1.82) is 0 Å². The second-order valence-corrected chi connectivity index (χ2v) is 24.5. The maximum absolute atomic E-state index is 14.9. The minimum Gasteiger partial charge on any atom is -0.489 e. The number of fused-ring (bicyclic) bond motifs is 3. The number of likely N-dealkylation sites (N-methyl/N-ethyl adjacent to an activating group) is 2. The van der Waals surface area contributed by atoms with Crippen LogP contribution in [0.4, 0.5) is 0 Å². The number of carbonyl (C=O) groups excluding carboxylic acids is 7. The van der Waals surface area contributed by atoms with E-state index < -0.39 is 59.0 Å². The first-order valence-electron chi connectivity index (χ1n) is 28.5. The maximum Gasteiger partial charge on any atom is 0.251 e. The highest BCUT2D eigenvalue weighted by molar-refractivity contribution is 5.97. The summed E-state index contributed by atoms with van der Waals surface area (Å²) in [6.07, 6.45) is 5.73. The highest BCUT2D eigenvalue weighted by Crippen LogP contribution is 2.35. The van der Waals surface area contributed by atoms with Crippen molar-refractivity contribution in [2.45, 2.75) is 174 Å². The summed E-state index contributed by atoms with van der Waals surface area (Å²) in [5.41, 5.74) is 6.09. The van der Waals surface area contributed by atoms with E-state index in [0.29, 0.717) is 11.3 Å². The third kappa shape index (κ3) is 13.7. The van der Waals surface area contributed by atoms with Crippen molar-refractivity contribution in [3.05, 3.63) is 136 Å². The Morgan fingerprint density at radius 2 is 1.11 bits per heavy atom. The van der Waals surface area contributed by atoms with E-state index in [-0.39, 0.29) is 80.1 Å². The number of aryl methyl sites for hydroxylation is 2. The smallest absolute Gasteiger partial charge is 0.251 e. The lowest BCUT2D eigenvalue weighted by atomic mass is 9.83. The third-order valence-electron chi connectivity index (χ3n) is 16.6. The molecule has 1 unspecified atom stereocenters. The van der Waals surface area contributed by atoms with Crippen LogP contribution in [0.5, 0.6) is 5.75 Å². The van der Waals surface area contributed by atoms with Gasteiger partial charge in [-0.15, -0.1) is 0 Å². The molecule has 428 valence electrons. The zero-order valence-electron chi connectivity index (χ0n) is 48.3. The van der Waals surface area contributed by atoms with Crippen molar-refractivity contribution >= 4 is 41.4 Å². The van der Waals surface area contributed by atoms with Crippen molar-refractivity contribution < 1.29 is 38.3 Å². The molecule has 7 N–H and O–H groups in total. The van der Waals surface area contributed by atoms with Crippen molar-refractivity contribution in [3.8, 4) is 5.75 Å². The van der Waals surface area contributed by atoms with Gasteiger partial charge in [-0.25, -0.2) is 0 Å². The van der Waals surface area contributed by atoms with Crippen molar-refractivity contribution in [3.63, 3.8) is 0 Å². The number of amides is 7. The largest absolute Gasteiger partial charge is 0.489 e. The predicted molar refractivity (Wildman–Crippen MR) is 307 cm³/mol. The number of benzene rings is 4. The summed E-state index contributed by atoms with van der Waals surface area (Å²) >= 11 is 0. The highest BCUT2D eigenvalue weighted by Gasteiger charge is 2.47. The molecule has 17 heteroatoms. The lowest BCUT2D eigenvalue weighted by Gasteiger charge is -2.41. The number of carbonyl (C=O) groups is 7. The summed E-state index contributed by atoms with van der Waals surface area (Å²) in [5, 5.41) is 21.5. The molecule has 1 saturated heterocycles. The normalized spacial score (nSPS) is 21.2. The first-order chi connectivity index (χ1) is 38.0. The molecule has 2 aliphatic heterocycles. The van der Waals surface area contributed by atoms with E-state index in [1.165, 1.54) is 16.0 Å². The van der Waals surface area contributed by atoms with Crippen LogP contribution in [0.15, 0.2) is 91.0 Å². The summed E-state index contributed by atoms with van der Waals surface area (Å²) in [5.74, 6) is -1.77. The van der Waals surface area contributed by atoms with Crippen LogP contribution in [0.2, 0.25) is 0 Å². The first-order valence-corrected chi connectivity index (χ1v) is 28.5. The Kier molecular flexibility index (Phi) is 18.5. The number of ether oxygens (including phenoxy) is 1. The van der Waals surface area contributed by atoms with Gasteiger partial charge in [0.15, 0.2) is 0 Å². The number of likely N-dealkylation sites (tertiary alicyclic amines) is 1. The van der Waals surface area contributed by atoms with E-state index in [2.05, 4.69) is 55.4 Å². The van der Waals surface area contributed by atoms with Gasteiger partial charge in [-0.3, -0.25) is 33.6 Å². The van der Waals surface area contributed by atoms with Gasteiger partial charge in [0.2, 0.25) is 35.4 Å². The molecule has 0 spiro atoms.